The number of rotatable bonds is 5. The number of aliphatic hydroxyl groups is 1. The van der Waals surface area contributed by atoms with Crippen LogP contribution in [-0.4, -0.2) is 36.5 Å². The third-order valence-electron chi connectivity index (χ3n) is 2.11. The fourth-order valence-electron chi connectivity index (χ4n) is 1.19. The van der Waals surface area contributed by atoms with Crippen molar-refractivity contribution < 1.29 is 5.11 Å². The largest absolute Gasteiger partial charge is 0.379 e. The maximum absolute atomic E-state index is 9.32. The maximum atomic E-state index is 9.32. The van der Waals surface area contributed by atoms with Crippen LogP contribution in [0.4, 0.5) is 0 Å². The van der Waals surface area contributed by atoms with Gasteiger partial charge in [0, 0.05) is 0 Å². The van der Waals surface area contributed by atoms with Crippen molar-refractivity contribution in [2.24, 2.45) is 5.92 Å². The Morgan fingerprint density at radius 1 is 1.33 bits per heavy atom. The summed E-state index contributed by atoms with van der Waals surface area (Å²) in [5.74, 6) is 0.642. The summed E-state index contributed by atoms with van der Waals surface area (Å²) >= 11 is 0. The van der Waals surface area contributed by atoms with Crippen LogP contribution in [0.25, 0.3) is 0 Å². The van der Waals surface area contributed by atoms with E-state index in [-0.39, 0.29) is 12.4 Å². The summed E-state index contributed by atoms with van der Waals surface area (Å²) in [6.45, 7) is 6.14. The van der Waals surface area contributed by atoms with E-state index in [1.165, 1.54) is 0 Å². The van der Waals surface area contributed by atoms with Gasteiger partial charge in [0.1, 0.15) is 6.23 Å². The second-order valence-electron chi connectivity index (χ2n) is 3.73. The molecule has 0 radical (unpaired) electrons. The van der Waals surface area contributed by atoms with Crippen LogP contribution in [0.1, 0.15) is 27.2 Å². The Kier molecular flexibility index (Phi) is 5.46. The third kappa shape index (κ3) is 4.04. The topological polar surface area (TPSA) is 35.5 Å². The average molecular weight is 174 g/mol. The second-order valence-corrected chi connectivity index (χ2v) is 3.73. The van der Waals surface area contributed by atoms with Gasteiger partial charge in [0.05, 0.1) is 6.17 Å². The molecule has 0 saturated heterocycles. The lowest BCUT2D eigenvalue weighted by Crippen LogP contribution is -2.46. The Hall–Kier alpha value is -0.120. The van der Waals surface area contributed by atoms with Gasteiger partial charge >= 0.3 is 0 Å². The third-order valence-corrected chi connectivity index (χ3v) is 2.11. The fraction of sp³-hybridized carbons (Fsp3) is 1.00. The molecule has 0 aromatic heterocycles. The van der Waals surface area contributed by atoms with Crippen molar-refractivity contribution in [3.63, 3.8) is 0 Å². The van der Waals surface area contributed by atoms with Crippen molar-refractivity contribution in [1.29, 1.82) is 0 Å². The van der Waals surface area contributed by atoms with E-state index in [2.05, 4.69) is 19.2 Å². The molecule has 0 amide bonds. The Labute approximate surface area is 75.8 Å². The van der Waals surface area contributed by atoms with Crippen molar-refractivity contribution in [3.8, 4) is 0 Å². The molecule has 0 saturated carbocycles. The van der Waals surface area contributed by atoms with E-state index in [9.17, 15) is 5.11 Å². The summed E-state index contributed by atoms with van der Waals surface area (Å²) in [6.07, 6.45) is 0.934. The lowest BCUT2D eigenvalue weighted by atomic mass is 10.1. The molecule has 12 heavy (non-hydrogen) atoms. The molecule has 0 aromatic carbocycles. The molecule has 0 aliphatic carbocycles. The first-order valence-corrected chi connectivity index (χ1v) is 4.56. The van der Waals surface area contributed by atoms with Gasteiger partial charge in [-0.25, -0.2) is 0 Å². The molecule has 0 aliphatic heterocycles. The highest BCUT2D eigenvalue weighted by Crippen LogP contribution is 2.08. The molecule has 0 aromatic rings. The van der Waals surface area contributed by atoms with Crippen molar-refractivity contribution in [2.75, 3.05) is 14.1 Å². The first-order chi connectivity index (χ1) is 5.49. The van der Waals surface area contributed by atoms with Crippen molar-refractivity contribution in [1.82, 2.24) is 10.2 Å². The number of nitrogens with one attached hydrogen (secondary N) is 1. The number of nitrogens with zero attached hydrogens (tertiary/aromatic N) is 1. The first-order valence-electron chi connectivity index (χ1n) is 4.56. The second kappa shape index (κ2) is 5.51. The molecular weight excluding hydrogens is 152 g/mol. The zero-order chi connectivity index (χ0) is 9.72. The highest BCUT2D eigenvalue weighted by molar-refractivity contribution is 4.66. The zero-order valence-electron chi connectivity index (χ0n) is 8.83. The molecule has 3 nitrogen and oxygen atoms in total. The number of hydrogen-bond donors (Lipinski definition) is 2. The van der Waals surface area contributed by atoms with E-state index < -0.39 is 0 Å². The fourth-order valence-corrected chi connectivity index (χ4v) is 1.19. The highest BCUT2D eigenvalue weighted by atomic mass is 16.3. The Morgan fingerprint density at radius 2 is 1.83 bits per heavy atom. The molecule has 0 rings (SSSR count). The minimum absolute atomic E-state index is 0.269. The van der Waals surface area contributed by atoms with Gasteiger partial charge < -0.3 is 10.4 Å². The van der Waals surface area contributed by atoms with E-state index in [0.717, 1.165) is 6.42 Å². The molecule has 74 valence electrons. The molecule has 2 N–H and O–H groups in total. The molecule has 1 unspecified atom stereocenters. The molecule has 0 heterocycles. The standard InChI is InChI=1S/C9H22N2O/c1-7(2)6-9(10-4)11(5)8(3)12/h7-10,12H,6H2,1-5H3/t8?,9-/m0/s1. The van der Waals surface area contributed by atoms with Gasteiger partial charge in [0.2, 0.25) is 0 Å². The predicted octanol–water partition coefficient (Wildman–Crippen LogP) is 0.848. The molecule has 2 atom stereocenters. The lowest BCUT2D eigenvalue weighted by molar-refractivity contribution is -0.00537. The van der Waals surface area contributed by atoms with Crippen LogP contribution < -0.4 is 5.32 Å². The van der Waals surface area contributed by atoms with Crippen LogP contribution in [0.2, 0.25) is 0 Å². The summed E-state index contributed by atoms with van der Waals surface area (Å²) < 4.78 is 0. The van der Waals surface area contributed by atoms with Crippen LogP contribution >= 0.6 is 0 Å². The van der Waals surface area contributed by atoms with E-state index in [1.807, 2.05) is 19.0 Å². The van der Waals surface area contributed by atoms with E-state index in [0.29, 0.717) is 5.92 Å². The summed E-state index contributed by atoms with van der Waals surface area (Å²) in [7, 11) is 3.85. The molecular formula is C9H22N2O. The Morgan fingerprint density at radius 3 is 2.08 bits per heavy atom. The van der Waals surface area contributed by atoms with Crippen LogP contribution in [0, 0.1) is 5.92 Å². The van der Waals surface area contributed by atoms with Gasteiger partial charge in [-0.3, -0.25) is 4.90 Å². The zero-order valence-corrected chi connectivity index (χ0v) is 8.83. The van der Waals surface area contributed by atoms with Gasteiger partial charge in [-0.05, 0) is 33.4 Å². The summed E-state index contributed by atoms with van der Waals surface area (Å²) in [5, 5.41) is 12.5. The maximum Gasteiger partial charge on any atom is 0.105 e. The smallest absolute Gasteiger partial charge is 0.105 e. The normalized spacial score (nSPS) is 17.0. The quantitative estimate of drug-likeness (QED) is 0.607. The van der Waals surface area contributed by atoms with Crippen molar-refractivity contribution in [2.45, 2.75) is 39.6 Å². The number of hydrogen-bond acceptors (Lipinski definition) is 3. The first kappa shape index (κ1) is 11.9. The Bertz CT molecular complexity index is 115. The van der Waals surface area contributed by atoms with Crippen LogP contribution in [0.15, 0.2) is 0 Å². The SMILES string of the molecule is CN[C@H](CC(C)C)N(C)C(C)O. The monoisotopic (exact) mass is 174 g/mol. The number of aliphatic hydroxyl groups excluding tert-OH is 1. The van der Waals surface area contributed by atoms with Crippen LogP contribution in [0.3, 0.4) is 0 Å². The molecule has 0 bridgehead atoms. The van der Waals surface area contributed by atoms with Gasteiger partial charge in [-0.15, -0.1) is 0 Å². The molecule has 0 fully saturated rings. The van der Waals surface area contributed by atoms with Crippen LogP contribution in [0.5, 0.6) is 0 Å². The van der Waals surface area contributed by atoms with Gasteiger partial charge in [0.15, 0.2) is 0 Å². The molecule has 0 aliphatic rings. The summed E-state index contributed by atoms with van der Waals surface area (Å²) in [5.41, 5.74) is 0. The minimum Gasteiger partial charge on any atom is -0.379 e. The van der Waals surface area contributed by atoms with Crippen LogP contribution in [-0.2, 0) is 0 Å². The molecule has 0 spiro atoms. The Balaban J connectivity index is 3.96. The van der Waals surface area contributed by atoms with E-state index in [1.54, 1.807) is 6.92 Å². The van der Waals surface area contributed by atoms with Gasteiger partial charge in [-0.2, -0.15) is 0 Å². The summed E-state index contributed by atoms with van der Waals surface area (Å²) in [6, 6.07) is 0. The van der Waals surface area contributed by atoms with Gasteiger partial charge in [0.25, 0.3) is 0 Å². The minimum atomic E-state index is -0.388. The van der Waals surface area contributed by atoms with Crippen molar-refractivity contribution in [3.05, 3.63) is 0 Å². The van der Waals surface area contributed by atoms with E-state index in [4.69, 9.17) is 0 Å². The average Bonchev–Trinajstić information content (AvgIpc) is 1.98. The van der Waals surface area contributed by atoms with E-state index >= 15 is 0 Å². The van der Waals surface area contributed by atoms with Crippen molar-refractivity contribution >= 4 is 0 Å². The predicted molar refractivity (Wildman–Crippen MR) is 51.7 cm³/mol. The summed E-state index contributed by atoms with van der Waals surface area (Å²) in [4.78, 5) is 1.93. The highest BCUT2D eigenvalue weighted by Gasteiger charge is 2.16. The molecule has 3 heteroatoms. The lowest BCUT2D eigenvalue weighted by Gasteiger charge is -2.31. The van der Waals surface area contributed by atoms with Gasteiger partial charge in [-0.1, -0.05) is 13.8 Å².